The van der Waals surface area contributed by atoms with Crippen LogP contribution in [0.5, 0.6) is 0 Å². The molecule has 0 atom stereocenters. The SMILES string of the molecule is CCCc1noc(CN(Cc2cccs2)C2CC2)n1. The highest BCUT2D eigenvalue weighted by Crippen LogP contribution is 2.30. The minimum absolute atomic E-state index is 0.698. The monoisotopic (exact) mass is 277 g/mol. The van der Waals surface area contributed by atoms with Gasteiger partial charge >= 0.3 is 0 Å². The van der Waals surface area contributed by atoms with Crippen LogP contribution in [0.25, 0.3) is 0 Å². The fourth-order valence-corrected chi connectivity index (χ4v) is 2.94. The van der Waals surface area contributed by atoms with Crippen molar-refractivity contribution < 1.29 is 4.52 Å². The zero-order valence-corrected chi connectivity index (χ0v) is 12.0. The van der Waals surface area contributed by atoms with Crippen LogP contribution < -0.4 is 0 Å². The third-order valence-corrected chi connectivity index (χ3v) is 4.19. The molecule has 0 aliphatic heterocycles. The molecule has 2 aromatic heterocycles. The number of hydrogen-bond acceptors (Lipinski definition) is 5. The normalized spacial score (nSPS) is 15.3. The molecule has 4 nitrogen and oxygen atoms in total. The van der Waals surface area contributed by atoms with Crippen LogP contribution in [-0.2, 0) is 19.5 Å². The zero-order valence-electron chi connectivity index (χ0n) is 11.2. The Morgan fingerprint density at radius 2 is 2.32 bits per heavy atom. The average Bonchev–Trinajstić information content (AvgIpc) is 2.95. The van der Waals surface area contributed by atoms with Gasteiger partial charge in [-0.2, -0.15) is 4.98 Å². The van der Waals surface area contributed by atoms with Crippen molar-refractivity contribution in [1.29, 1.82) is 0 Å². The summed E-state index contributed by atoms with van der Waals surface area (Å²) in [4.78, 5) is 8.32. The van der Waals surface area contributed by atoms with Gasteiger partial charge in [-0.05, 0) is 30.7 Å². The lowest BCUT2D eigenvalue weighted by molar-refractivity contribution is 0.211. The van der Waals surface area contributed by atoms with Gasteiger partial charge in [-0.25, -0.2) is 0 Å². The molecule has 0 N–H and O–H groups in total. The van der Waals surface area contributed by atoms with E-state index in [0.29, 0.717) is 6.04 Å². The lowest BCUT2D eigenvalue weighted by Gasteiger charge is -2.18. The molecule has 102 valence electrons. The Labute approximate surface area is 117 Å². The maximum Gasteiger partial charge on any atom is 0.240 e. The molecular weight excluding hydrogens is 258 g/mol. The van der Waals surface area contributed by atoms with E-state index in [1.165, 1.54) is 17.7 Å². The van der Waals surface area contributed by atoms with Gasteiger partial charge < -0.3 is 4.52 Å². The van der Waals surface area contributed by atoms with Gasteiger partial charge in [0.25, 0.3) is 0 Å². The second-order valence-corrected chi connectivity index (χ2v) is 6.10. The van der Waals surface area contributed by atoms with Crippen molar-refractivity contribution in [2.75, 3.05) is 0 Å². The van der Waals surface area contributed by atoms with Gasteiger partial charge in [-0.1, -0.05) is 18.1 Å². The van der Waals surface area contributed by atoms with Crippen molar-refractivity contribution in [2.24, 2.45) is 0 Å². The Balaban J connectivity index is 1.63. The summed E-state index contributed by atoms with van der Waals surface area (Å²) in [5.41, 5.74) is 0. The van der Waals surface area contributed by atoms with Crippen molar-refractivity contribution >= 4 is 11.3 Å². The lowest BCUT2D eigenvalue weighted by Crippen LogP contribution is -2.24. The van der Waals surface area contributed by atoms with E-state index in [9.17, 15) is 0 Å². The van der Waals surface area contributed by atoms with Crippen molar-refractivity contribution in [3.05, 3.63) is 34.1 Å². The van der Waals surface area contributed by atoms with Gasteiger partial charge in [0, 0.05) is 23.9 Å². The third kappa shape index (κ3) is 3.42. The van der Waals surface area contributed by atoms with Crippen LogP contribution in [0, 0.1) is 0 Å². The molecule has 0 bridgehead atoms. The topological polar surface area (TPSA) is 42.2 Å². The van der Waals surface area contributed by atoms with E-state index in [1.807, 2.05) is 11.3 Å². The molecule has 2 heterocycles. The molecule has 0 spiro atoms. The summed E-state index contributed by atoms with van der Waals surface area (Å²) in [6, 6.07) is 5.00. The summed E-state index contributed by atoms with van der Waals surface area (Å²) >= 11 is 1.81. The summed E-state index contributed by atoms with van der Waals surface area (Å²) in [5.74, 6) is 1.59. The van der Waals surface area contributed by atoms with Gasteiger partial charge in [0.1, 0.15) is 0 Å². The predicted molar refractivity (Wildman–Crippen MR) is 74.9 cm³/mol. The van der Waals surface area contributed by atoms with Crippen LogP contribution in [0.2, 0.25) is 0 Å². The fourth-order valence-electron chi connectivity index (χ4n) is 2.21. The molecule has 0 saturated heterocycles. The molecule has 1 fully saturated rings. The Hall–Kier alpha value is -1.20. The molecule has 3 rings (SSSR count). The molecular formula is C14H19N3OS. The van der Waals surface area contributed by atoms with Gasteiger partial charge in [0.05, 0.1) is 6.54 Å². The highest BCUT2D eigenvalue weighted by atomic mass is 32.1. The third-order valence-electron chi connectivity index (χ3n) is 3.32. The van der Waals surface area contributed by atoms with E-state index in [-0.39, 0.29) is 0 Å². The van der Waals surface area contributed by atoms with E-state index < -0.39 is 0 Å². The molecule has 2 aromatic rings. The molecule has 0 aromatic carbocycles. The average molecular weight is 277 g/mol. The number of thiophene rings is 1. The van der Waals surface area contributed by atoms with Gasteiger partial charge in [0.15, 0.2) is 5.82 Å². The standard InChI is InChI=1S/C14H19N3OS/c1-2-4-13-15-14(18-16-13)10-17(11-6-7-11)9-12-5-3-8-19-12/h3,5,8,11H,2,4,6-7,9-10H2,1H3. The predicted octanol–water partition coefficient (Wildman–Crippen LogP) is 3.25. The zero-order chi connectivity index (χ0) is 13.1. The van der Waals surface area contributed by atoms with E-state index in [4.69, 9.17) is 4.52 Å². The first-order chi connectivity index (χ1) is 9.35. The van der Waals surface area contributed by atoms with Crippen molar-refractivity contribution in [3.63, 3.8) is 0 Å². The lowest BCUT2D eigenvalue weighted by atomic mass is 10.3. The molecule has 0 radical (unpaired) electrons. The van der Waals surface area contributed by atoms with Gasteiger partial charge in [-0.15, -0.1) is 11.3 Å². The molecule has 0 amide bonds. The maximum absolute atomic E-state index is 5.35. The number of nitrogens with zero attached hydrogens (tertiary/aromatic N) is 3. The summed E-state index contributed by atoms with van der Waals surface area (Å²) < 4.78 is 5.35. The van der Waals surface area contributed by atoms with Gasteiger partial charge in [-0.3, -0.25) is 4.90 Å². The van der Waals surface area contributed by atoms with Crippen LogP contribution in [0.4, 0.5) is 0 Å². The van der Waals surface area contributed by atoms with Crippen LogP contribution in [0.3, 0.4) is 0 Å². The molecule has 0 unspecified atom stereocenters. The van der Waals surface area contributed by atoms with E-state index in [2.05, 4.69) is 39.5 Å². The van der Waals surface area contributed by atoms with Crippen molar-refractivity contribution in [2.45, 2.75) is 51.7 Å². The minimum atomic E-state index is 0.698. The van der Waals surface area contributed by atoms with Crippen molar-refractivity contribution in [1.82, 2.24) is 15.0 Å². The molecule has 1 aliphatic carbocycles. The largest absolute Gasteiger partial charge is 0.338 e. The first-order valence-electron chi connectivity index (χ1n) is 6.93. The van der Waals surface area contributed by atoms with Crippen LogP contribution in [-0.4, -0.2) is 21.1 Å². The van der Waals surface area contributed by atoms with E-state index >= 15 is 0 Å². The second-order valence-electron chi connectivity index (χ2n) is 5.07. The number of rotatable bonds is 7. The Morgan fingerprint density at radius 3 is 3.00 bits per heavy atom. The second kappa shape index (κ2) is 5.84. The first kappa shape index (κ1) is 12.8. The summed E-state index contributed by atoms with van der Waals surface area (Å²) in [6.45, 7) is 3.90. The number of aryl methyl sites for hydroxylation is 1. The molecule has 5 heteroatoms. The minimum Gasteiger partial charge on any atom is -0.338 e. The van der Waals surface area contributed by atoms with Crippen molar-refractivity contribution in [3.8, 4) is 0 Å². The van der Waals surface area contributed by atoms with Crippen LogP contribution in [0.1, 0.15) is 42.8 Å². The number of aromatic nitrogens is 2. The first-order valence-corrected chi connectivity index (χ1v) is 7.81. The summed E-state index contributed by atoms with van der Waals surface area (Å²) in [7, 11) is 0. The smallest absolute Gasteiger partial charge is 0.240 e. The van der Waals surface area contributed by atoms with E-state index in [0.717, 1.165) is 37.6 Å². The highest BCUT2D eigenvalue weighted by Gasteiger charge is 2.30. The quantitative estimate of drug-likeness (QED) is 0.779. The van der Waals surface area contributed by atoms with Crippen LogP contribution in [0.15, 0.2) is 22.0 Å². The Morgan fingerprint density at radius 1 is 1.42 bits per heavy atom. The van der Waals surface area contributed by atoms with Crippen LogP contribution >= 0.6 is 11.3 Å². The maximum atomic E-state index is 5.35. The van der Waals surface area contributed by atoms with Gasteiger partial charge in [0.2, 0.25) is 5.89 Å². The van der Waals surface area contributed by atoms with E-state index in [1.54, 1.807) is 0 Å². The summed E-state index contributed by atoms with van der Waals surface area (Å²) in [6.07, 6.45) is 4.54. The Bertz CT molecular complexity index is 505. The highest BCUT2D eigenvalue weighted by molar-refractivity contribution is 7.09. The molecule has 1 aliphatic rings. The molecule has 1 saturated carbocycles. The Kier molecular flexibility index (Phi) is 3.94. The fraction of sp³-hybridized carbons (Fsp3) is 0.571. The molecule has 19 heavy (non-hydrogen) atoms. The summed E-state index contributed by atoms with van der Waals surface area (Å²) in [5, 5.41) is 6.16. The number of hydrogen-bond donors (Lipinski definition) is 0.